The van der Waals surface area contributed by atoms with Crippen LogP contribution >= 0.6 is 0 Å². The highest BCUT2D eigenvalue weighted by atomic mass is 16.6. The largest absolute Gasteiger partial charge is 0.504 e. The molecular weight excluding hydrogens is 296 g/mol. The molecule has 1 aliphatic heterocycles. The number of phenols is 2. The van der Waals surface area contributed by atoms with E-state index in [9.17, 15) is 24.9 Å². The molecule has 7 N–H and O–H groups in total. The van der Waals surface area contributed by atoms with Crippen molar-refractivity contribution in [1.29, 1.82) is 0 Å². The van der Waals surface area contributed by atoms with Crippen LogP contribution in [0.1, 0.15) is 24.5 Å². The van der Waals surface area contributed by atoms with E-state index in [1.807, 2.05) is 0 Å². The molecule has 2 rings (SSSR count). The molecule has 9 nitrogen and oxygen atoms in total. The van der Waals surface area contributed by atoms with Crippen molar-refractivity contribution in [3.63, 3.8) is 0 Å². The smallest absolute Gasteiger partial charge is 0.328 e. The topological polar surface area (TPSA) is 165 Å². The molecule has 0 radical (unpaired) electrons. The highest BCUT2D eigenvalue weighted by Crippen LogP contribution is 2.47. The molecule has 0 amide bonds. The van der Waals surface area contributed by atoms with Crippen LogP contribution in [0.2, 0.25) is 0 Å². The summed E-state index contributed by atoms with van der Waals surface area (Å²) in [7, 11) is 0. The number of carbonyl (C=O) groups is 2. The normalized spacial score (nSPS) is 20.0. The van der Waals surface area contributed by atoms with Crippen molar-refractivity contribution in [2.24, 2.45) is 11.5 Å². The van der Waals surface area contributed by atoms with Gasteiger partial charge in [-0.25, -0.2) is 4.79 Å². The van der Waals surface area contributed by atoms with Gasteiger partial charge in [-0.3, -0.25) is 4.79 Å². The summed E-state index contributed by atoms with van der Waals surface area (Å²) in [6.07, 6.45) is -1.57. The number of esters is 2. The average molecular weight is 312 g/mol. The van der Waals surface area contributed by atoms with Crippen LogP contribution in [-0.4, -0.2) is 39.8 Å². The third kappa shape index (κ3) is 2.96. The van der Waals surface area contributed by atoms with Crippen LogP contribution in [0.4, 0.5) is 0 Å². The zero-order valence-corrected chi connectivity index (χ0v) is 11.5. The van der Waals surface area contributed by atoms with E-state index in [1.165, 1.54) is 0 Å². The van der Waals surface area contributed by atoms with E-state index < -0.39 is 41.3 Å². The summed E-state index contributed by atoms with van der Waals surface area (Å²) in [5.74, 6) is -3.91. The van der Waals surface area contributed by atoms with Gasteiger partial charge in [-0.15, -0.1) is 0 Å². The molecule has 22 heavy (non-hydrogen) atoms. The fourth-order valence-corrected chi connectivity index (χ4v) is 1.99. The number of ether oxygens (including phenoxy) is 2. The highest BCUT2D eigenvalue weighted by molar-refractivity contribution is 5.83. The van der Waals surface area contributed by atoms with Gasteiger partial charge in [0.05, 0.1) is 11.7 Å². The SMILES string of the molecule is NC[C@@H](O)c1c2cc(O)c(O)c1OC(=O)[C@H](N)CCC(=O)O2. The van der Waals surface area contributed by atoms with E-state index in [1.54, 1.807) is 0 Å². The number of hydrogen-bond acceptors (Lipinski definition) is 9. The highest BCUT2D eigenvalue weighted by Gasteiger charge is 2.30. The fraction of sp³-hybridized carbons (Fsp3) is 0.385. The quantitative estimate of drug-likeness (QED) is 0.262. The lowest BCUT2D eigenvalue weighted by Gasteiger charge is -2.22. The standard InChI is InChI=1S/C13H16N2O7/c14-4-7(17)10-8-3-6(16)11(19)12(10)22-13(20)5(15)1-2-9(18)21-8/h3,5,7,16-17,19H,1-2,4,14-15H2/t5-,7-/m1/s1. The first kappa shape index (κ1) is 16.0. The number of rotatable bonds is 2. The molecule has 0 aliphatic carbocycles. The second kappa shape index (κ2) is 6.18. The lowest BCUT2D eigenvalue weighted by atomic mass is 10.0. The molecule has 0 saturated carbocycles. The summed E-state index contributed by atoms with van der Waals surface area (Å²) in [4.78, 5) is 23.6. The van der Waals surface area contributed by atoms with Crippen LogP contribution in [0.5, 0.6) is 23.0 Å². The maximum absolute atomic E-state index is 11.9. The van der Waals surface area contributed by atoms with Crippen molar-refractivity contribution in [2.45, 2.75) is 25.0 Å². The fourth-order valence-electron chi connectivity index (χ4n) is 1.99. The molecule has 1 aromatic carbocycles. The predicted octanol–water partition coefficient (Wildman–Crippen LogP) is -0.978. The molecule has 0 spiro atoms. The minimum absolute atomic E-state index is 0.0105. The summed E-state index contributed by atoms with van der Waals surface area (Å²) in [6, 6.07) is -0.195. The first-order valence-corrected chi connectivity index (χ1v) is 6.50. The van der Waals surface area contributed by atoms with Crippen LogP contribution < -0.4 is 20.9 Å². The van der Waals surface area contributed by atoms with Gasteiger partial charge >= 0.3 is 11.9 Å². The number of nitrogens with two attached hydrogens (primary N) is 2. The van der Waals surface area contributed by atoms with Gasteiger partial charge in [-0.1, -0.05) is 0 Å². The summed E-state index contributed by atoms with van der Waals surface area (Å²) < 4.78 is 10.00. The van der Waals surface area contributed by atoms with Gasteiger partial charge in [-0.05, 0) is 6.42 Å². The lowest BCUT2D eigenvalue weighted by Crippen LogP contribution is -2.36. The zero-order valence-electron chi connectivity index (χ0n) is 11.5. The Morgan fingerprint density at radius 2 is 2.00 bits per heavy atom. The number of fused-ring (bicyclic) bond motifs is 2. The second-order valence-corrected chi connectivity index (χ2v) is 4.78. The van der Waals surface area contributed by atoms with E-state index >= 15 is 0 Å². The molecule has 120 valence electrons. The van der Waals surface area contributed by atoms with Crippen molar-refractivity contribution in [3.05, 3.63) is 11.6 Å². The second-order valence-electron chi connectivity index (χ2n) is 4.78. The van der Waals surface area contributed by atoms with Gasteiger partial charge in [0.15, 0.2) is 11.5 Å². The van der Waals surface area contributed by atoms with Gasteiger partial charge < -0.3 is 36.3 Å². The number of benzene rings is 1. The molecule has 1 aromatic rings. The Morgan fingerprint density at radius 3 is 2.64 bits per heavy atom. The monoisotopic (exact) mass is 312 g/mol. The van der Waals surface area contributed by atoms with Gasteiger partial charge in [0.2, 0.25) is 5.75 Å². The molecule has 1 heterocycles. The van der Waals surface area contributed by atoms with Crippen molar-refractivity contribution in [2.75, 3.05) is 6.54 Å². The summed E-state index contributed by atoms with van der Waals surface area (Å²) in [5, 5.41) is 29.5. The van der Waals surface area contributed by atoms with E-state index in [0.717, 1.165) is 6.07 Å². The maximum atomic E-state index is 11.9. The molecule has 0 unspecified atom stereocenters. The first-order valence-electron chi connectivity index (χ1n) is 6.50. The van der Waals surface area contributed by atoms with Gasteiger partial charge in [-0.2, -0.15) is 0 Å². The average Bonchev–Trinajstić information content (AvgIpc) is 2.48. The predicted molar refractivity (Wildman–Crippen MR) is 72.3 cm³/mol. The Morgan fingerprint density at radius 1 is 1.32 bits per heavy atom. The van der Waals surface area contributed by atoms with Crippen molar-refractivity contribution >= 4 is 11.9 Å². The van der Waals surface area contributed by atoms with Crippen molar-refractivity contribution < 1.29 is 34.4 Å². The number of phenolic OH excluding ortho intramolecular Hbond substituents is 2. The Labute approximate surface area is 125 Å². The number of carbonyl (C=O) groups excluding carboxylic acids is 2. The molecule has 0 saturated heterocycles. The van der Waals surface area contributed by atoms with Crippen LogP contribution in [-0.2, 0) is 9.59 Å². The summed E-state index contributed by atoms with van der Waals surface area (Å²) >= 11 is 0. The molecule has 1 aliphatic rings. The van der Waals surface area contributed by atoms with Gasteiger partial charge in [0.25, 0.3) is 0 Å². The third-order valence-corrected chi connectivity index (χ3v) is 3.18. The van der Waals surface area contributed by atoms with Crippen LogP contribution in [0.25, 0.3) is 0 Å². The summed E-state index contributed by atoms with van der Waals surface area (Å²) in [6.45, 7) is -0.300. The van der Waals surface area contributed by atoms with E-state index in [-0.39, 0.29) is 30.7 Å². The number of aliphatic hydroxyl groups excluding tert-OH is 1. The molecule has 0 aromatic heterocycles. The number of aliphatic hydroxyl groups is 1. The molecule has 0 fully saturated rings. The number of aromatic hydroxyl groups is 2. The maximum Gasteiger partial charge on any atom is 0.328 e. The third-order valence-electron chi connectivity index (χ3n) is 3.18. The van der Waals surface area contributed by atoms with Crippen molar-refractivity contribution in [3.8, 4) is 23.0 Å². The molecule has 9 heteroatoms. The summed E-state index contributed by atoms with van der Waals surface area (Å²) in [5.41, 5.74) is 10.7. The number of hydrogen-bond donors (Lipinski definition) is 5. The lowest BCUT2D eigenvalue weighted by molar-refractivity contribution is -0.138. The van der Waals surface area contributed by atoms with E-state index in [0.29, 0.717) is 0 Å². The van der Waals surface area contributed by atoms with Crippen molar-refractivity contribution in [1.82, 2.24) is 0 Å². The van der Waals surface area contributed by atoms with Gasteiger partial charge in [0.1, 0.15) is 11.8 Å². The molecule has 2 bridgehead atoms. The van der Waals surface area contributed by atoms with Crippen LogP contribution in [0, 0.1) is 0 Å². The Balaban J connectivity index is 2.67. The molecular formula is C13H16N2O7. The van der Waals surface area contributed by atoms with Gasteiger partial charge in [0, 0.05) is 19.0 Å². The van der Waals surface area contributed by atoms with E-state index in [4.69, 9.17) is 20.9 Å². The first-order chi connectivity index (χ1) is 10.3. The zero-order chi connectivity index (χ0) is 16.4. The molecule has 2 atom stereocenters. The Bertz CT molecular complexity index is 617. The minimum Gasteiger partial charge on any atom is -0.504 e. The Kier molecular flexibility index (Phi) is 4.50. The van der Waals surface area contributed by atoms with Crippen LogP contribution in [0.3, 0.4) is 0 Å². The van der Waals surface area contributed by atoms with Crippen LogP contribution in [0.15, 0.2) is 6.07 Å². The van der Waals surface area contributed by atoms with E-state index in [2.05, 4.69) is 0 Å². The Hall–Kier alpha value is -2.36. The minimum atomic E-state index is -1.40.